The molecule has 0 aromatic heterocycles. The van der Waals surface area contributed by atoms with Gasteiger partial charge in [-0.25, -0.2) is 0 Å². The first-order valence-corrected chi connectivity index (χ1v) is 8.03. The normalized spacial score (nSPS) is 18.4. The zero-order valence-electron chi connectivity index (χ0n) is 12.5. The van der Waals surface area contributed by atoms with Crippen molar-refractivity contribution in [2.75, 3.05) is 0 Å². The van der Waals surface area contributed by atoms with Gasteiger partial charge in [-0.05, 0) is 24.0 Å². The minimum atomic E-state index is 0.401. The molecule has 106 valence electrons. The van der Waals surface area contributed by atoms with E-state index >= 15 is 0 Å². The predicted octanol–water partition coefficient (Wildman–Crippen LogP) is 5.40. The van der Waals surface area contributed by atoms with E-state index in [1.165, 1.54) is 36.8 Å². The topological polar surface area (TPSA) is 0 Å². The summed E-state index contributed by atoms with van der Waals surface area (Å²) in [7, 11) is 0. The average Bonchev–Trinajstić information content (AvgIpc) is 2.52. The molecule has 0 nitrogen and oxygen atoms in total. The second kappa shape index (κ2) is 7.14. The first-order valence-electron chi connectivity index (χ1n) is 8.03. The minimum absolute atomic E-state index is 0.401. The van der Waals surface area contributed by atoms with Gasteiger partial charge in [-0.3, -0.25) is 0 Å². The summed E-state index contributed by atoms with van der Waals surface area (Å²) in [5.74, 6) is 7.82. The molecule has 0 heteroatoms. The Kier molecular flexibility index (Phi) is 4.74. The zero-order chi connectivity index (χ0) is 14.3. The average molecular weight is 274 g/mol. The lowest BCUT2D eigenvalue weighted by Gasteiger charge is -2.25. The van der Waals surface area contributed by atoms with Crippen LogP contribution in [0, 0.1) is 17.8 Å². The van der Waals surface area contributed by atoms with Crippen molar-refractivity contribution in [3.63, 3.8) is 0 Å². The summed E-state index contributed by atoms with van der Waals surface area (Å²) in [6.45, 7) is 0. The van der Waals surface area contributed by atoms with Crippen LogP contribution < -0.4 is 0 Å². The lowest BCUT2D eigenvalue weighted by atomic mass is 9.78. The second-order valence-electron chi connectivity index (χ2n) is 5.83. The van der Waals surface area contributed by atoms with Crippen molar-refractivity contribution in [1.82, 2.24) is 0 Å². The van der Waals surface area contributed by atoms with Gasteiger partial charge in [-0.15, -0.1) is 5.92 Å². The Morgan fingerprint density at radius 2 is 1.38 bits per heavy atom. The molecule has 0 fully saturated rings. The Morgan fingerprint density at radius 3 is 2.00 bits per heavy atom. The first-order chi connectivity index (χ1) is 10.4. The van der Waals surface area contributed by atoms with Crippen molar-refractivity contribution in [1.29, 1.82) is 0 Å². The maximum Gasteiger partial charge on any atom is 0.0312 e. The van der Waals surface area contributed by atoms with Crippen LogP contribution in [0.15, 0.2) is 60.7 Å². The van der Waals surface area contributed by atoms with Crippen LogP contribution in [-0.2, 0) is 0 Å². The molecule has 0 N–H and O–H groups in total. The molecule has 0 bridgehead atoms. The second-order valence-corrected chi connectivity index (χ2v) is 5.83. The quantitative estimate of drug-likeness (QED) is 0.657. The number of rotatable bonds is 3. The fraction of sp³-hybridized carbons (Fsp3) is 0.333. The van der Waals surface area contributed by atoms with E-state index in [4.69, 9.17) is 0 Å². The highest BCUT2D eigenvalue weighted by molar-refractivity contribution is 5.35. The number of hydrogen-bond donors (Lipinski definition) is 0. The maximum absolute atomic E-state index is 3.57. The van der Waals surface area contributed by atoms with Crippen molar-refractivity contribution in [3.05, 3.63) is 71.8 Å². The highest BCUT2D eigenvalue weighted by Crippen LogP contribution is 2.35. The molecule has 2 aromatic rings. The third kappa shape index (κ3) is 3.56. The Labute approximate surface area is 128 Å². The van der Waals surface area contributed by atoms with Gasteiger partial charge in [0, 0.05) is 18.3 Å². The van der Waals surface area contributed by atoms with Crippen LogP contribution in [0.1, 0.15) is 49.1 Å². The van der Waals surface area contributed by atoms with Crippen molar-refractivity contribution in [3.8, 4) is 11.8 Å². The summed E-state index contributed by atoms with van der Waals surface area (Å²) < 4.78 is 0. The molecule has 0 radical (unpaired) electrons. The van der Waals surface area contributed by atoms with E-state index in [0.717, 1.165) is 6.42 Å². The van der Waals surface area contributed by atoms with Crippen LogP contribution >= 0.6 is 0 Å². The highest BCUT2D eigenvalue weighted by Gasteiger charge is 2.23. The summed E-state index contributed by atoms with van der Waals surface area (Å²) in [6.07, 6.45) is 6.16. The molecule has 1 aliphatic carbocycles. The molecule has 0 spiro atoms. The maximum atomic E-state index is 3.57. The van der Waals surface area contributed by atoms with Crippen LogP contribution in [-0.4, -0.2) is 0 Å². The van der Waals surface area contributed by atoms with Crippen molar-refractivity contribution < 1.29 is 0 Å². The van der Waals surface area contributed by atoms with Gasteiger partial charge in [-0.1, -0.05) is 79.4 Å². The fourth-order valence-corrected chi connectivity index (χ4v) is 3.26. The molecule has 0 saturated heterocycles. The molecule has 0 saturated carbocycles. The molecule has 3 rings (SSSR count). The molecule has 2 aromatic carbocycles. The van der Waals surface area contributed by atoms with Crippen LogP contribution in [0.5, 0.6) is 0 Å². The molecular weight excluding hydrogens is 252 g/mol. The zero-order valence-corrected chi connectivity index (χ0v) is 12.5. The van der Waals surface area contributed by atoms with Gasteiger partial charge in [0.1, 0.15) is 0 Å². The Hall–Kier alpha value is -2.00. The molecule has 1 aliphatic rings. The van der Waals surface area contributed by atoms with Crippen molar-refractivity contribution in [2.45, 2.75) is 38.0 Å². The van der Waals surface area contributed by atoms with E-state index in [2.05, 4.69) is 72.5 Å². The van der Waals surface area contributed by atoms with Crippen LogP contribution in [0.3, 0.4) is 0 Å². The molecule has 1 atom stereocenters. The first kappa shape index (κ1) is 14.0. The Morgan fingerprint density at radius 1 is 0.762 bits per heavy atom. The number of benzene rings is 2. The highest BCUT2D eigenvalue weighted by atomic mass is 14.3. The summed E-state index contributed by atoms with van der Waals surface area (Å²) in [4.78, 5) is 0. The van der Waals surface area contributed by atoms with E-state index < -0.39 is 0 Å². The Balaban J connectivity index is 1.99. The van der Waals surface area contributed by atoms with Crippen LogP contribution in [0.25, 0.3) is 0 Å². The Bertz CT molecular complexity index is 561. The fourth-order valence-electron chi connectivity index (χ4n) is 3.26. The molecule has 0 amide bonds. The van der Waals surface area contributed by atoms with Gasteiger partial charge in [0.15, 0.2) is 0 Å². The summed E-state index contributed by atoms with van der Waals surface area (Å²) in [5.41, 5.74) is 2.78. The van der Waals surface area contributed by atoms with E-state index in [1.807, 2.05) is 0 Å². The van der Waals surface area contributed by atoms with E-state index in [1.54, 1.807) is 0 Å². The molecule has 0 heterocycles. The van der Waals surface area contributed by atoms with E-state index in [0.29, 0.717) is 11.8 Å². The minimum Gasteiger partial charge on any atom is -0.103 e. The SMILES string of the molecule is C1#CC(C(c2ccccc2)c2ccccc2)CCCCC1. The summed E-state index contributed by atoms with van der Waals surface area (Å²) in [6, 6.07) is 21.7. The summed E-state index contributed by atoms with van der Waals surface area (Å²) >= 11 is 0. The van der Waals surface area contributed by atoms with Crippen molar-refractivity contribution >= 4 is 0 Å². The van der Waals surface area contributed by atoms with Crippen LogP contribution in [0.4, 0.5) is 0 Å². The predicted molar refractivity (Wildman–Crippen MR) is 89.1 cm³/mol. The van der Waals surface area contributed by atoms with Crippen LogP contribution in [0.2, 0.25) is 0 Å². The molecule has 1 unspecified atom stereocenters. The standard InChI is InChI=1S/C21H22/c1-2-6-12-18(13-7-3-1)21(19-14-8-4-9-15-19)20-16-10-5-11-17-20/h4-5,8-11,14-18,21H,1-3,6,12H2. The van der Waals surface area contributed by atoms with Gasteiger partial charge in [0.05, 0.1) is 0 Å². The van der Waals surface area contributed by atoms with Gasteiger partial charge >= 0.3 is 0 Å². The molecular formula is C21H22. The smallest absolute Gasteiger partial charge is 0.0312 e. The lowest BCUT2D eigenvalue weighted by Crippen LogP contribution is -2.14. The third-order valence-electron chi connectivity index (χ3n) is 4.32. The van der Waals surface area contributed by atoms with Gasteiger partial charge < -0.3 is 0 Å². The molecule has 0 aliphatic heterocycles. The van der Waals surface area contributed by atoms with E-state index in [9.17, 15) is 0 Å². The van der Waals surface area contributed by atoms with Gasteiger partial charge in [0.25, 0.3) is 0 Å². The number of hydrogen-bond acceptors (Lipinski definition) is 0. The van der Waals surface area contributed by atoms with Gasteiger partial charge in [-0.2, -0.15) is 0 Å². The van der Waals surface area contributed by atoms with E-state index in [-0.39, 0.29) is 0 Å². The van der Waals surface area contributed by atoms with Crippen molar-refractivity contribution in [2.24, 2.45) is 5.92 Å². The summed E-state index contributed by atoms with van der Waals surface area (Å²) in [5, 5.41) is 0. The monoisotopic (exact) mass is 274 g/mol. The largest absolute Gasteiger partial charge is 0.103 e. The third-order valence-corrected chi connectivity index (χ3v) is 4.32. The molecule has 21 heavy (non-hydrogen) atoms. The van der Waals surface area contributed by atoms with Gasteiger partial charge in [0.2, 0.25) is 0 Å². The lowest BCUT2D eigenvalue weighted by molar-refractivity contribution is 0.496.